The van der Waals surface area contributed by atoms with Gasteiger partial charge in [-0.1, -0.05) is 24.9 Å². The third kappa shape index (κ3) is 2.67. The minimum absolute atomic E-state index is 0.104. The highest BCUT2D eigenvalue weighted by Gasteiger charge is 2.24. The normalized spacial score (nSPS) is 15.5. The largest absolute Gasteiger partial charge is 0.361 e. The molecule has 3 aromatic rings. The zero-order chi connectivity index (χ0) is 17.6. The van der Waals surface area contributed by atoms with Crippen molar-refractivity contribution in [3.63, 3.8) is 0 Å². The maximum absolute atomic E-state index is 12.7. The van der Waals surface area contributed by atoms with Crippen LogP contribution in [-0.2, 0) is 12.8 Å². The molecule has 4 rings (SSSR count). The first kappa shape index (κ1) is 16.1. The van der Waals surface area contributed by atoms with Crippen LogP contribution >= 0.6 is 0 Å². The lowest BCUT2D eigenvalue weighted by atomic mass is 10.1. The van der Waals surface area contributed by atoms with Gasteiger partial charge in [0.15, 0.2) is 5.65 Å². The van der Waals surface area contributed by atoms with Gasteiger partial charge in [0, 0.05) is 12.0 Å². The van der Waals surface area contributed by atoms with Gasteiger partial charge < -0.3 is 9.51 Å². The molecule has 0 amide bonds. The minimum atomic E-state index is -0.104. The third-order valence-electron chi connectivity index (χ3n) is 5.21. The van der Waals surface area contributed by atoms with Gasteiger partial charge in [0.25, 0.3) is 5.56 Å². The molecule has 0 radical (unpaired) electrons. The fourth-order valence-corrected chi connectivity index (χ4v) is 3.82. The van der Waals surface area contributed by atoms with E-state index in [0.29, 0.717) is 29.3 Å². The van der Waals surface area contributed by atoms with Crippen LogP contribution < -0.4 is 5.56 Å². The lowest BCUT2D eigenvalue weighted by Crippen LogP contribution is -2.15. The third-order valence-corrected chi connectivity index (χ3v) is 5.21. The summed E-state index contributed by atoms with van der Waals surface area (Å²) in [7, 11) is 0. The fraction of sp³-hybridized carbons (Fsp3) is 0.556. The summed E-state index contributed by atoms with van der Waals surface area (Å²) in [6.07, 6.45) is 5.86. The van der Waals surface area contributed by atoms with Crippen molar-refractivity contribution < 1.29 is 4.52 Å². The molecule has 0 aliphatic heterocycles. The molecule has 25 heavy (non-hydrogen) atoms. The molecule has 0 saturated heterocycles. The van der Waals surface area contributed by atoms with Gasteiger partial charge in [-0.2, -0.15) is 5.10 Å². The van der Waals surface area contributed by atoms with Crippen molar-refractivity contribution in [2.24, 2.45) is 0 Å². The highest BCUT2D eigenvalue weighted by Crippen LogP contribution is 2.31. The van der Waals surface area contributed by atoms with Crippen LogP contribution in [0.4, 0.5) is 0 Å². The van der Waals surface area contributed by atoms with Crippen LogP contribution in [0.15, 0.2) is 9.32 Å². The average molecular weight is 341 g/mol. The van der Waals surface area contributed by atoms with Gasteiger partial charge >= 0.3 is 0 Å². The second kappa shape index (κ2) is 6.13. The summed E-state index contributed by atoms with van der Waals surface area (Å²) >= 11 is 0. The molecule has 1 fully saturated rings. The van der Waals surface area contributed by atoms with Crippen LogP contribution in [0.3, 0.4) is 0 Å². The van der Waals surface area contributed by atoms with E-state index in [1.54, 1.807) is 0 Å². The number of nitrogens with zero attached hydrogens (tertiary/aromatic N) is 4. The molecular formula is C18H23N5O2. The highest BCUT2D eigenvalue weighted by molar-refractivity contribution is 5.77. The van der Waals surface area contributed by atoms with E-state index in [2.05, 4.69) is 10.1 Å². The van der Waals surface area contributed by atoms with Gasteiger partial charge in [-0.25, -0.2) is 9.67 Å². The Hall–Kier alpha value is -2.44. The lowest BCUT2D eigenvalue weighted by Gasteiger charge is -2.10. The van der Waals surface area contributed by atoms with E-state index >= 15 is 0 Å². The van der Waals surface area contributed by atoms with Gasteiger partial charge in [0.2, 0.25) is 0 Å². The summed E-state index contributed by atoms with van der Waals surface area (Å²) in [5.41, 5.74) is 3.26. The Labute approximate surface area is 145 Å². The van der Waals surface area contributed by atoms with Gasteiger partial charge in [0.05, 0.1) is 17.4 Å². The van der Waals surface area contributed by atoms with Crippen LogP contribution in [0.5, 0.6) is 0 Å². The number of fused-ring (bicyclic) bond motifs is 1. The number of rotatable bonds is 4. The van der Waals surface area contributed by atoms with Crippen LogP contribution in [0.25, 0.3) is 11.0 Å². The molecule has 0 bridgehead atoms. The second-order valence-corrected chi connectivity index (χ2v) is 6.87. The fourth-order valence-electron chi connectivity index (χ4n) is 3.82. The summed E-state index contributed by atoms with van der Waals surface area (Å²) < 4.78 is 7.22. The number of nitrogens with one attached hydrogen (secondary N) is 1. The Kier molecular flexibility index (Phi) is 3.94. The molecule has 1 aliphatic carbocycles. The summed E-state index contributed by atoms with van der Waals surface area (Å²) in [6, 6.07) is 0.351. The van der Waals surface area contributed by atoms with E-state index in [1.165, 1.54) is 12.8 Å². The molecule has 3 heterocycles. The molecule has 1 N–H and O–H groups in total. The van der Waals surface area contributed by atoms with Crippen molar-refractivity contribution in [3.05, 3.63) is 38.9 Å². The summed E-state index contributed by atoms with van der Waals surface area (Å²) in [5, 5.41) is 9.35. The summed E-state index contributed by atoms with van der Waals surface area (Å²) in [4.78, 5) is 20.4. The Morgan fingerprint density at radius 2 is 2.04 bits per heavy atom. The van der Waals surface area contributed by atoms with E-state index in [4.69, 9.17) is 14.6 Å². The van der Waals surface area contributed by atoms with Crippen LogP contribution in [0.1, 0.15) is 67.2 Å². The predicted octanol–water partition coefficient (Wildman–Crippen LogP) is 2.99. The maximum Gasteiger partial charge on any atom is 0.262 e. The van der Waals surface area contributed by atoms with Crippen molar-refractivity contribution in [3.8, 4) is 0 Å². The Balaban J connectivity index is 1.85. The van der Waals surface area contributed by atoms with Gasteiger partial charge in [-0.05, 0) is 33.1 Å². The zero-order valence-electron chi connectivity index (χ0n) is 14.9. The van der Waals surface area contributed by atoms with Crippen molar-refractivity contribution in [2.75, 3.05) is 0 Å². The van der Waals surface area contributed by atoms with Crippen LogP contribution in [-0.4, -0.2) is 24.9 Å². The van der Waals surface area contributed by atoms with E-state index in [1.807, 2.05) is 25.5 Å². The number of aromatic nitrogens is 5. The smallest absolute Gasteiger partial charge is 0.262 e. The van der Waals surface area contributed by atoms with E-state index in [0.717, 1.165) is 42.0 Å². The molecule has 132 valence electrons. The SMILES string of the molecule is CCc1nn(C2CCCC2)c2nc(Cc3c(C)noc3C)[nH]c(=O)c12. The number of aryl methyl sites for hydroxylation is 3. The quantitative estimate of drug-likeness (QED) is 0.788. The first-order chi connectivity index (χ1) is 12.1. The Bertz CT molecular complexity index is 956. The van der Waals surface area contributed by atoms with Crippen molar-refractivity contribution in [2.45, 2.75) is 65.3 Å². The topological polar surface area (TPSA) is 89.6 Å². The molecular weight excluding hydrogens is 318 g/mol. The van der Waals surface area contributed by atoms with E-state index in [-0.39, 0.29) is 5.56 Å². The molecule has 0 spiro atoms. The van der Waals surface area contributed by atoms with E-state index < -0.39 is 0 Å². The van der Waals surface area contributed by atoms with Crippen molar-refractivity contribution in [1.29, 1.82) is 0 Å². The lowest BCUT2D eigenvalue weighted by molar-refractivity contribution is 0.392. The Morgan fingerprint density at radius 3 is 2.68 bits per heavy atom. The molecule has 7 nitrogen and oxygen atoms in total. The maximum atomic E-state index is 12.7. The highest BCUT2D eigenvalue weighted by atomic mass is 16.5. The Morgan fingerprint density at radius 1 is 1.28 bits per heavy atom. The molecule has 0 atom stereocenters. The second-order valence-electron chi connectivity index (χ2n) is 6.87. The molecule has 1 aliphatic rings. The summed E-state index contributed by atoms with van der Waals surface area (Å²) in [5.74, 6) is 1.40. The van der Waals surface area contributed by atoms with Crippen molar-refractivity contribution >= 4 is 11.0 Å². The number of aromatic amines is 1. The monoisotopic (exact) mass is 341 g/mol. The molecule has 3 aromatic heterocycles. The van der Waals surface area contributed by atoms with Gasteiger partial charge in [0.1, 0.15) is 17.0 Å². The molecule has 0 unspecified atom stereocenters. The number of H-pyrrole nitrogens is 1. The summed E-state index contributed by atoms with van der Waals surface area (Å²) in [6.45, 7) is 5.81. The van der Waals surface area contributed by atoms with Gasteiger partial charge in [-0.3, -0.25) is 4.79 Å². The predicted molar refractivity (Wildman–Crippen MR) is 93.8 cm³/mol. The standard InChI is InChI=1S/C18H23N5O2/c1-4-14-16-17(23(21-14)12-7-5-6-8-12)19-15(20-18(16)24)9-13-10(2)22-25-11(13)3/h12H,4-9H2,1-3H3,(H,19,20,24). The minimum Gasteiger partial charge on any atom is -0.361 e. The average Bonchev–Trinajstić information content (AvgIpc) is 3.30. The molecule has 7 heteroatoms. The van der Waals surface area contributed by atoms with Gasteiger partial charge in [-0.15, -0.1) is 0 Å². The number of hydrogen-bond donors (Lipinski definition) is 1. The zero-order valence-corrected chi connectivity index (χ0v) is 14.9. The first-order valence-corrected chi connectivity index (χ1v) is 9.00. The molecule has 0 aromatic carbocycles. The van der Waals surface area contributed by atoms with Crippen molar-refractivity contribution in [1.82, 2.24) is 24.9 Å². The molecule has 1 saturated carbocycles. The van der Waals surface area contributed by atoms with Crippen LogP contribution in [0, 0.1) is 13.8 Å². The van der Waals surface area contributed by atoms with Crippen LogP contribution in [0.2, 0.25) is 0 Å². The van der Waals surface area contributed by atoms with E-state index in [9.17, 15) is 4.79 Å². The number of hydrogen-bond acceptors (Lipinski definition) is 5. The first-order valence-electron chi connectivity index (χ1n) is 9.00.